The molecule has 1 N–H and O–H groups in total. The topological polar surface area (TPSA) is 26.2 Å². The maximum Gasteiger partial charge on any atom is 0.132 e. The van der Waals surface area contributed by atoms with Crippen molar-refractivity contribution in [2.75, 3.05) is 5.32 Å². The first-order valence-electron chi connectivity index (χ1n) is 22.0. The summed E-state index contributed by atoms with van der Waals surface area (Å²) < 4.78 is 9.47. The van der Waals surface area contributed by atoms with Gasteiger partial charge in [-0.15, -0.1) is 0 Å². The molecular weight excluding hydrogens is 777 g/mol. The fourth-order valence-corrected chi connectivity index (χ4v) is 10.7. The molecule has 0 bridgehead atoms. The maximum absolute atomic E-state index is 7.11. The molecule has 0 radical (unpaired) electrons. The first-order valence-corrected chi connectivity index (χ1v) is 22.0. The van der Waals surface area contributed by atoms with E-state index in [0.717, 1.165) is 56.4 Å². The number of ether oxygens (including phenoxy) is 1. The van der Waals surface area contributed by atoms with Gasteiger partial charge in [-0.2, -0.15) is 0 Å². The van der Waals surface area contributed by atoms with Gasteiger partial charge in [0.1, 0.15) is 11.5 Å². The molecule has 2 heterocycles. The van der Waals surface area contributed by atoms with Crippen LogP contribution in [0, 0.1) is 0 Å². The van der Waals surface area contributed by atoms with Crippen LogP contribution in [0.2, 0.25) is 0 Å². The molecule has 2 aliphatic rings. The molecule has 1 aromatic heterocycles. The van der Waals surface area contributed by atoms with Crippen LogP contribution in [0.25, 0.3) is 72.0 Å². The first-order chi connectivity index (χ1) is 31.7. The van der Waals surface area contributed by atoms with Crippen LogP contribution in [-0.2, 0) is 5.41 Å². The highest BCUT2D eigenvalue weighted by atomic mass is 16.5. The SMILES string of the molecule is c1ccc(-c2ccccc2-c2ccccc2Nc2ccc3c(c2)C2(c4ccc(-c5ccc6c(c5)c5ccccc5n6-c5ccccc5)cc4O3)c3ccccc3-c3ccccc32)cc1. The predicted molar refractivity (Wildman–Crippen MR) is 264 cm³/mol. The van der Waals surface area contributed by atoms with E-state index in [9.17, 15) is 0 Å². The fraction of sp³-hybridized carbons (Fsp3) is 0.0164. The molecule has 13 rings (SSSR count). The smallest absolute Gasteiger partial charge is 0.132 e. The molecule has 1 aliphatic carbocycles. The predicted octanol–water partition coefficient (Wildman–Crippen LogP) is 16.0. The van der Waals surface area contributed by atoms with Crippen molar-refractivity contribution in [3.63, 3.8) is 0 Å². The van der Waals surface area contributed by atoms with Crippen LogP contribution < -0.4 is 10.1 Å². The van der Waals surface area contributed by atoms with Crippen molar-refractivity contribution in [2.24, 2.45) is 0 Å². The quantitative estimate of drug-likeness (QED) is 0.181. The van der Waals surface area contributed by atoms with Crippen molar-refractivity contribution in [3.8, 4) is 61.7 Å². The van der Waals surface area contributed by atoms with Crippen LogP contribution >= 0.6 is 0 Å². The van der Waals surface area contributed by atoms with E-state index in [-0.39, 0.29) is 0 Å². The van der Waals surface area contributed by atoms with Crippen molar-refractivity contribution < 1.29 is 4.74 Å². The number of nitrogens with one attached hydrogen (secondary N) is 1. The number of anilines is 2. The van der Waals surface area contributed by atoms with Gasteiger partial charge in [0.05, 0.1) is 16.4 Å². The van der Waals surface area contributed by atoms with E-state index >= 15 is 0 Å². The summed E-state index contributed by atoms with van der Waals surface area (Å²) in [7, 11) is 0. The fourth-order valence-electron chi connectivity index (χ4n) is 10.7. The molecule has 0 unspecified atom stereocenters. The number of para-hydroxylation sites is 3. The van der Waals surface area contributed by atoms with Gasteiger partial charge in [0, 0.05) is 44.5 Å². The van der Waals surface area contributed by atoms with Crippen molar-refractivity contribution in [3.05, 3.63) is 259 Å². The van der Waals surface area contributed by atoms with Crippen LogP contribution in [0.1, 0.15) is 22.3 Å². The van der Waals surface area contributed by atoms with Gasteiger partial charge in [0.2, 0.25) is 0 Å². The van der Waals surface area contributed by atoms with Crippen LogP contribution in [-0.4, -0.2) is 4.57 Å². The third-order valence-electron chi connectivity index (χ3n) is 13.5. The number of fused-ring (bicyclic) bond motifs is 12. The van der Waals surface area contributed by atoms with Gasteiger partial charge in [-0.25, -0.2) is 0 Å². The molecule has 0 fully saturated rings. The van der Waals surface area contributed by atoms with E-state index in [2.05, 4.69) is 246 Å². The lowest BCUT2D eigenvalue weighted by Crippen LogP contribution is -2.32. The summed E-state index contributed by atoms with van der Waals surface area (Å²) in [6.07, 6.45) is 0. The Hall–Kier alpha value is -8.40. The Morgan fingerprint density at radius 3 is 1.72 bits per heavy atom. The monoisotopic (exact) mass is 816 g/mol. The highest BCUT2D eigenvalue weighted by molar-refractivity contribution is 6.10. The van der Waals surface area contributed by atoms with Gasteiger partial charge in [0.15, 0.2) is 0 Å². The minimum Gasteiger partial charge on any atom is -0.457 e. The Labute approximate surface area is 372 Å². The second-order valence-electron chi connectivity index (χ2n) is 16.9. The lowest BCUT2D eigenvalue weighted by Gasteiger charge is -2.39. The van der Waals surface area contributed by atoms with Crippen molar-refractivity contribution in [1.29, 1.82) is 0 Å². The van der Waals surface area contributed by atoms with E-state index in [0.29, 0.717) is 0 Å². The maximum atomic E-state index is 7.11. The molecule has 64 heavy (non-hydrogen) atoms. The number of aromatic nitrogens is 1. The van der Waals surface area contributed by atoms with Gasteiger partial charge in [0.25, 0.3) is 0 Å². The van der Waals surface area contributed by atoms with E-state index in [1.54, 1.807) is 0 Å². The molecular formula is C61H40N2O. The molecule has 0 saturated carbocycles. The van der Waals surface area contributed by atoms with Crippen LogP contribution in [0.3, 0.4) is 0 Å². The van der Waals surface area contributed by atoms with Crippen molar-refractivity contribution in [2.45, 2.75) is 5.41 Å². The van der Waals surface area contributed by atoms with E-state index in [4.69, 9.17) is 4.74 Å². The molecule has 1 spiro atoms. The summed E-state index contributed by atoms with van der Waals surface area (Å²) in [5, 5.41) is 6.35. The summed E-state index contributed by atoms with van der Waals surface area (Å²) in [6, 6.07) is 85.5. The minimum absolute atomic E-state index is 0.612. The second-order valence-corrected chi connectivity index (χ2v) is 16.9. The largest absolute Gasteiger partial charge is 0.457 e. The van der Waals surface area contributed by atoms with E-state index < -0.39 is 5.41 Å². The zero-order valence-corrected chi connectivity index (χ0v) is 34.9. The number of nitrogens with zero attached hydrogens (tertiary/aromatic N) is 1. The molecule has 1 aliphatic heterocycles. The van der Waals surface area contributed by atoms with Crippen LogP contribution in [0.15, 0.2) is 237 Å². The summed E-state index contributed by atoms with van der Waals surface area (Å²) in [5.74, 6) is 1.72. The average Bonchev–Trinajstić information content (AvgIpc) is 3.85. The molecule has 0 saturated heterocycles. The Balaban J connectivity index is 0.962. The second kappa shape index (κ2) is 14.3. The lowest BCUT2D eigenvalue weighted by atomic mass is 9.66. The third kappa shape index (κ3) is 5.41. The summed E-state index contributed by atoms with van der Waals surface area (Å²) in [5.41, 5.74) is 19.2. The van der Waals surface area contributed by atoms with Gasteiger partial charge in [-0.05, 0) is 111 Å². The molecule has 0 amide bonds. The summed E-state index contributed by atoms with van der Waals surface area (Å²) in [4.78, 5) is 0. The molecule has 3 nitrogen and oxygen atoms in total. The first kappa shape index (κ1) is 36.3. The third-order valence-corrected chi connectivity index (χ3v) is 13.5. The van der Waals surface area contributed by atoms with Gasteiger partial charge >= 0.3 is 0 Å². The number of hydrogen-bond donors (Lipinski definition) is 1. The Bertz CT molecular complexity index is 3580. The summed E-state index contributed by atoms with van der Waals surface area (Å²) in [6.45, 7) is 0. The molecule has 0 atom stereocenters. The van der Waals surface area contributed by atoms with E-state index in [1.165, 1.54) is 60.8 Å². The van der Waals surface area contributed by atoms with Crippen molar-refractivity contribution >= 4 is 33.2 Å². The zero-order chi connectivity index (χ0) is 42.2. The Morgan fingerprint density at radius 1 is 0.344 bits per heavy atom. The number of benzene rings is 10. The van der Waals surface area contributed by atoms with Crippen LogP contribution in [0.5, 0.6) is 11.5 Å². The molecule has 11 aromatic rings. The highest BCUT2D eigenvalue weighted by Crippen LogP contribution is 2.62. The summed E-state index contributed by atoms with van der Waals surface area (Å²) >= 11 is 0. The highest BCUT2D eigenvalue weighted by Gasteiger charge is 2.51. The van der Waals surface area contributed by atoms with Gasteiger partial charge in [-0.3, -0.25) is 0 Å². The minimum atomic E-state index is -0.612. The standard InChI is InChI=1S/C61H40N2O/c1-3-17-40(18-4-1)45-21-7-8-22-46(45)49-25-11-15-29-56(49)62-43-33-36-59-55(39-43)61(52-27-13-9-23-47(52)48-24-10-14-28-53(48)61)54-34-31-42(38-60(54)64-59)41-32-35-58-51(37-41)50-26-12-16-30-57(50)63(58)44-19-5-2-6-20-44/h1-39,62H. The number of rotatable bonds is 6. The molecule has 300 valence electrons. The molecule has 10 aromatic carbocycles. The number of hydrogen-bond acceptors (Lipinski definition) is 2. The van der Waals surface area contributed by atoms with Crippen LogP contribution in [0.4, 0.5) is 11.4 Å². The normalized spacial score (nSPS) is 12.9. The molecule has 3 heteroatoms. The lowest BCUT2D eigenvalue weighted by molar-refractivity contribution is 0.436. The zero-order valence-electron chi connectivity index (χ0n) is 34.9. The van der Waals surface area contributed by atoms with Gasteiger partial charge in [-0.1, -0.05) is 176 Å². The average molecular weight is 817 g/mol. The van der Waals surface area contributed by atoms with E-state index in [1.807, 2.05) is 0 Å². The Kier molecular flexibility index (Phi) is 8.13. The van der Waals surface area contributed by atoms with Crippen molar-refractivity contribution in [1.82, 2.24) is 4.57 Å². The Morgan fingerprint density at radius 2 is 0.938 bits per heavy atom. The van der Waals surface area contributed by atoms with Gasteiger partial charge < -0.3 is 14.6 Å².